The Morgan fingerprint density at radius 3 is 2.67 bits per heavy atom. The van der Waals surface area contributed by atoms with Crippen molar-refractivity contribution in [1.29, 1.82) is 0 Å². The van der Waals surface area contributed by atoms with Gasteiger partial charge in [-0.2, -0.15) is 5.10 Å². The van der Waals surface area contributed by atoms with Crippen LogP contribution in [0.1, 0.15) is 61.7 Å². The van der Waals surface area contributed by atoms with Crippen molar-refractivity contribution in [1.82, 2.24) is 19.7 Å². The lowest BCUT2D eigenvalue weighted by molar-refractivity contribution is 0.101. The third kappa shape index (κ3) is 4.80. The number of hydrogen-bond acceptors (Lipinski definition) is 6. The van der Waals surface area contributed by atoms with Crippen LogP contribution in [-0.4, -0.2) is 58.2 Å². The summed E-state index contributed by atoms with van der Waals surface area (Å²) in [5, 5.41) is 14.2. The van der Waals surface area contributed by atoms with E-state index in [1.54, 1.807) is 30.0 Å². The summed E-state index contributed by atoms with van der Waals surface area (Å²) in [5.41, 5.74) is 2.61. The van der Waals surface area contributed by atoms with E-state index in [0.717, 1.165) is 24.1 Å². The van der Waals surface area contributed by atoms with Gasteiger partial charge in [0.2, 0.25) is 0 Å². The molecular weight excluding hydrogens is 432 g/mol. The second-order valence-corrected chi connectivity index (χ2v) is 8.24. The summed E-state index contributed by atoms with van der Waals surface area (Å²) in [4.78, 5) is 19.6. The summed E-state index contributed by atoms with van der Waals surface area (Å²) >= 11 is 0. The maximum atomic E-state index is 13.4. The first-order valence-electron chi connectivity index (χ1n) is 11.4. The van der Waals surface area contributed by atoms with Crippen LogP contribution in [0.2, 0.25) is 0 Å². The normalized spacial score (nSPS) is 19.4. The van der Waals surface area contributed by atoms with Gasteiger partial charge in [-0.25, -0.2) is 13.6 Å². The van der Waals surface area contributed by atoms with E-state index in [1.165, 1.54) is 13.2 Å². The molecule has 3 heterocycles. The maximum absolute atomic E-state index is 13.4. The van der Waals surface area contributed by atoms with Gasteiger partial charge in [-0.05, 0) is 31.7 Å². The third-order valence-corrected chi connectivity index (χ3v) is 6.36. The highest BCUT2D eigenvalue weighted by atomic mass is 19.3. The van der Waals surface area contributed by atoms with Gasteiger partial charge in [-0.3, -0.25) is 9.67 Å². The van der Waals surface area contributed by atoms with Gasteiger partial charge in [0, 0.05) is 49.1 Å². The number of fused-ring (bicyclic) bond motifs is 1. The van der Waals surface area contributed by atoms with E-state index in [0.29, 0.717) is 36.7 Å². The number of aliphatic hydroxyl groups is 1. The summed E-state index contributed by atoms with van der Waals surface area (Å²) in [7, 11) is 3.12. The quantitative estimate of drug-likeness (QED) is 0.705. The average molecular weight is 466 g/mol. The first kappa shape index (κ1) is 24.9. The number of carbonyl (C=O) groups is 1. The number of rotatable bonds is 5. The van der Waals surface area contributed by atoms with E-state index < -0.39 is 12.5 Å². The number of anilines is 2. The van der Waals surface area contributed by atoms with Crippen molar-refractivity contribution in [3.05, 3.63) is 34.8 Å². The van der Waals surface area contributed by atoms with Crippen molar-refractivity contribution < 1.29 is 23.4 Å². The van der Waals surface area contributed by atoms with Gasteiger partial charge in [-0.15, -0.1) is 0 Å². The number of nitrogens with zero attached hydrogens (tertiary/aromatic N) is 5. The molecule has 0 atom stereocenters. The minimum absolute atomic E-state index is 0.112. The van der Waals surface area contributed by atoms with Gasteiger partial charge >= 0.3 is 6.09 Å². The third-order valence-electron chi connectivity index (χ3n) is 6.36. The van der Waals surface area contributed by atoms with E-state index in [1.807, 2.05) is 18.5 Å². The Balaban J connectivity index is 0.00000149. The summed E-state index contributed by atoms with van der Waals surface area (Å²) in [5.74, 6) is 0.887. The number of aliphatic hydroxyl groups excluding tert-OH is 1. The van der Waals surface area contributed by atoms with Crippen molar-refractivity contribution >= 4 is 17.6 Å². The van der Waals surface area contributed by atoms with Crippen LogP contribution in [0.4, 0.5) is 25.1 Å². The predicted octanol–water partition coefficient (Wildman–Crippen LogP) is 4.39. The number of pyridine rings is 1. The standard InChI is InChI=1S/C21H27F2N5O3.C2H6/c1-12-16(19(22)23)8-15(9-24-12)26(2)20-17-10-27(21(30)31-3)5-4-18(17)28(25-20)14-6-13(7-14)11-29;1-2/h8-9,13-14,19,29H,4-7,10-11H2,1-3H3;1-2H3. The van der Waals surface area contributed by atoms with Crippen LogP contribution in [0.3, 0.4) is 0 Å². The molecule has 0 unspecified atom stereocenters. The van der Waals surface area contributed by atoms with Crippen molar-refractivity contribution in [2.75, 3.05) is 32.2 Å². The molecule has 33 heavy (non-hydrogen) atoms. The molecule has 182 valence electrons. The zero-order chi connectivity index (χ0) is 24.3. The lowest BCUT2D eigenvalue weighted by Gasteiger charge is -2.36. The van der Waals surface area contributed by atoms with Crippen molar-refractivity contribution in [3.63, 3.8) is 0 Å². The van der Waals surface area contributed by atoms with E-state index in [4.69, 9.17) is 9.84 Å². The second kappa shape index (κ2) is 10.5. The number of amides is 1. The van der Waals surface area contributed by atoms with Gasteiger partial charge in [-0.1, -0.05) is 13.8 Å². The molecule has 10 heteroatoms. The molecule has 1 aliphatic heterocycles. The fourth-order valence-electron chi connectivity index (χ4n) is 4.40. The first-order valence-corrected chi connectivity index (χ1v) is 11.4. The van der Waals surface area contributed by atoms with Crippen LogP contribution < -0.4 is 4.90 Å². The van der Waals surface area contributed by atoms with E-state index >= 15 is 0 Å². The number of alkyl halides is 2. The number of ether oxygens (including phenoxy) is 1. The molecule has 1 saturated carbocycles. The lowest BCUT2D eigenvalue weighted by Crippen LogP contribution is -2.37. The SMILES string of the molecule is CC.COC(=O)N1CCc2c(c(N(C)c3cnc(C)c(C(F)F)c3)nn2C2CC(CO)C2)C1. The Bertz CT molecular complexity index is 975. The molecule has 0 saturated heterocycles. The van der Waals surface area contributed by atoms with Crippen molar-refractivity contribution in [2.45, 2.75) is 59.0 Å². The maximum Gasteiger partial charge on any atom is 0.409 e. The molecule has 8 nitrogen and oxygen atoms in total. The second-order valence-electron chi connectivity index (χ2n) is 8.24. The lowest BCUT2D eigenvalue weighted by atomic mass is 9.81. The summed E-state index contributed by atoms with van der Waals surface area (Å²) < 4.78 is 33.7. The highest BCUT2D eigenvalue weighted by Gasteiger charge is 2.36. The zero-order valence-corrected chi connectivity index (χ0v) is 19.9. The van der Waals surface area contributed by atoms with Gasteiger partial charge in [0.25, 0.3) is 6.43 Å². The van der Waals surface area contributed by atoms with Crippen LogP contribution >= 0.6 is 0 Å². The van der Waals surface area contributed by atoms with Crippen LogP contribution in [-0.2, 0) is 17.7 Å². The number of methoxy groups -OCH3 is 1. The van der Waals surface area contributed by atoms with Crippen LogP contribution in [0.5, 0.6) is 0 Å². The van der Waals surface area contributed by atoms with E-state index in [-0.39, 0.29) is 24.1 Å². The molecule has 1 amide bonds. The number of aromatic nitrogens is 3. The molecule has 0 bridgehead atoms. The monoisotopic (exact) mass is 465 g/mol. The van der Waals surface area contributed by atoms with Crippen molar-refractivity contribution in [3.8, 4) is 0 Å². The molecule has 2 aromatic rings. The van der Waals surface area contributed by atoms with E-state index in [9.17, 15) is 18.7 Å². The first-order chi connectivity index (χ1) is 15.8. The van der Waals surface area contributed by atoms with Gasteiger partial charge < -0.3 is 19.6 Å². The Morgan fingerprint density at radius 1 is 1.36 bits per heavy atom. The summed E-state index contributed by atoms with van der Waals surface area (Å²) in [6, 6.07) is 1.62. The molecule has 2 aromatic heterocycles. The van der Waals surface area contributed by atoms with Gasteiger partial charge in [0.05, 0.1) is 31.6 Å². The predicted molar refractivity (Wildman–Crippen MR) is 121 cm³/mol. The van der Waals surface area contributed by atoms with Gasteiger partial charge in [0.1, 0.15) is 0 Å². The summed E-state index contributed by atoms with van der Waals surface area (Å²) in [6.07, 6.45) is 0.839. The molecule has 1 aliphatic carbocycles. The molecule has 1 fully saturated rings. The minimum Gasteiger partial charge on any atom is -0.453 e. The molecular formula is C23H33F2N5O3. The van der Waals surface area contributed by atoms with Gasteiger partial charge in [0.15, 0.2) is 5.82 Å². The number of hydrogen-bond donors (Lipinski definition) is 1. The van der Waals surface area contributed by atoms with Crippen LogP contribution in [0, 0.1) is 12.8 Å². The molecule has 0 spiro atoms. The summed E-state index contributed by atoms with van der Waals surface area (Å²) in [6.45, 7) is 6.57. The number of halogens is 2. The molecule has 1 N–H and O–H groups in total. The van der Waals surface area contributed by atoms with Crippen molar-refractivity contribution in [2.24, 2.45) is 5.92 Å². The zero-order valence-electron chi connectivity index (χ0n) is 19.9. The van der Waals surface area contributed by atoms with E-state index in [2.05, 4.69) is 4.98 Å². The van der Waals surface area contributed by atoms with Crippen LogP contribution in [0.15, 0.2) is 12.3 Å². The number of aryl methyl sites for hydroxylation is 1. The molecule has 0 radical (unpaired) electrons. The number of carbonyl (C=O) groups excluding carboxylic acids is 1. The fraction of sp³-hybridized carbons (Fsp3) is 0.609. The molecule has 0 aromatic carbocycles. The molecule has 4 rings (SSSR count). The smallest absolute Gasteiger partial charge is 0.409 e. The highest BCUT2D eigenvalue weighted by molar-refractivity contribution is 5.70. The van der Waals surface area contributed by atoms with Crippen LogP contribution in [0.25, 0.3) is 0 Å². The Kier molecular flexibility index (Phi) is 7.88. The average Bonchev–Trinajstić information content (AvgIpc) is 3.17. The largest absolute Gasteiger partial charge is 0.453 e. The molecule has 2 aliphatic rings. The Labute approximate surface area is 193 Å². The topological polar surface area (TPSA) is 83.7 Å². The highest BCUT2D eigenvalue weighted by Crippen LogP contribution is 2.42. The Hall–Kier alpha value is -2.75. The minimum atomic E-state index is -2.62. The fourth-order valence-corrected chi connectivity index (χ4v) is 4.40. The Morgan fingerprint density at radius 2 is 2.06 bits per heavy atom.